The van der Waals surface area contributed by atoms with Crippen molar-refractivity contribution in [2.75, 3.05) is 24.7 Å². The molecular formula is C9H20O3S. The van der Waals surface area contributed by atoms with Crippen molar-refractivity contribution in [1.82, 2.24) is 0 Å². The maximum absolute atomic E-state index is 9.63. The molecule has 0 radical (unpaired) electrons. The molecule has 1 atom stereocenters. The zero-order valence-corrected chi connectivity index (χ0v) is 9.47. The van der Waals surface area contributed by atoms with E-state index in [0.29, 0.717) is 19.0 Å². The molecule has 0 aromatic carbocycles. The van der Waals surface area contributed by atoms with Gasteiger partial charge in [-0.05, 0) is 19.6 Å². The van der Waals surface area contributed by atoms with Crippen LogP contribution < -0.4 is 0 Å². The first-order chi connectivity index (χ1) is 6.26. The minimum Gasteiger partial charge on any atom is -0.387 e. The molecule has 0 unspecified atom stereocenters. The third kappa shape index (κ3) is 6.32. The van der Waals surface area contributed by atoms with Crippen LogP contribution in [0.5, 0.6) is 0 Å². The highest BCUT2D eigenvalue weighted by Crippen LogP contribution is 2.09. The van der Waals surface area contributed by atoms with Gasteiger partial charge in [0.1, 0.15) is 6.10 Å². The average Bonchev–Trinajstić information content (AvgIpc) is 2.14. The van der Waals surface area contributed by atoms with Crippen molar-refractivity contribution < 1.29 is 14.6 Å². The molecule has 0 amide bonds. The zero-order valence-electron chi connectivity index (χ0n) is 8.66. The van der Waals surface area contributed by atoms with Gasteiger partial charge in [0.2, 0.25) is 0 Å². The lowest BCUT2D eigenvalue weighted by Gasteiger charge is -2.21. The smallest absolute Gasteiger partial charge is 0.184 e. The van der Waals surface area contributed by atoms with Crippen LogP contribution in [0.25, 0.3) is 0 Å². The molecule has 0 fully saturated rings. The lowest BCUT2D eigenvalue weighted by atomic mass is 10.4. The molecule has 0 aromatic heterocycles. The van der Waals surface area contributed by atoms with Crippen LogP contribution in [0.1, 0.15) is 20.8 Å². The van der Waals surface area contributed by atoms with Crippen LogP contribution in [-0.2, 0) is 9.47 Å². The van der Waals surface area contributed by atoms with Crippen LogP contribution in [0.4, 0.5) is 0 Å². The summed E-state index contributed by atoms with van der Waals surface area (Å²) in [4.78, 5) is 0. The Morgan fingerprint density at radius 1 is 1.15 bits per heavy atom. The molecule has 80 valence electrons. The number of aliphatic hydroxyl groups excluding tert-OH is 1. The van der Waals surface area contributed by atoms with Gasteiger partial charge in [-0.15, -0.1) is 0 Å². The molecule has 3 nitrogen and oxygen atoms in total. The Hall–Kier alpha value is 0.230. The van der Waals surface area contributed by atoms with Crippen LogP contribution >= 0.6 is 11.8 Å². The van der Waals surface area contributed by atoms with Crippen LogP contribution in [0.15, 0.2) is 0 Å². The molecular weight excluding hydrogens is 188 g/mol. The highest BCUT2D eigenvalue weighted by Gasteiger charge is 2.18. The van der Waals surface area contributed by atoms with Gasteiger partial charge in [-0.3, -0.25) is 0 Å². The van der Waals surface area contributed by atoms with Gasteiger partial charge in [0.05, 0.1) is 0 Å². The monoisotopic (exact) mass is 208 g/mol. The lowest BCUT2D eigenvalue weighted by Crippen LogP contribution is -2.33. The van der Waals surface area contributed by atoms with E-state index in [2.05, 4.69) is 6.92 Å². The van der Waals surface area contributed by atoms with Crippen LogP contribution in [0.3, 0.4) is 0 Å². The normalized spacial score (nSPS) is 13.6. The van der Waals surface area contributed by atoms with E-state index in [0.717, 1.165) is 5.75 Å². The molecule has 0 spiro atoms. The second-order valence-electron chi connectivity index (χ2n) is 2.51. The number of hydrogen-bond acceptors (Lipinski definition) is 4. The Morgan fingerprint density at radius 2 is 1.69 bits per heavy atom. The molecule has 0 aliphatic carbocycles. The highest BCUT2D eigenvalue weighted by atomic mass is 32.2. The molecule has 13 heavy (non-hydrogen) atoms. The molecule has 4 heteroatoms. The summed E-state index contributed by atoms with van der Waals surface area (Å²) in [5.74, 6) is 1.67. The summed E-state index contributed by atoms with van der Waals surface area (Å²) in [6, 6.07) is 0. The standard InChI is InChI=1S/C9H20O3S/c1-4-11-9(12-5-2)8(10)7-13-6-3/h8-10H,4-7H2,1-3H3/t8-/m1/s1. The Morgan fingerprint density at radius 3 is 2.08 bits per heavy atom. The molecule has 0 aliphatic rings. The van der Waals surface area contributed by atoms with Crippen molar-refractivity contribution in [3.8, 4) is 0 Å². The molecule has 0 saturated heterocycles. The lowest BCUT2D eigenvalue weighted by molar-refractivity contribution is -0.183. The SMILES string of the molecule is CCOC(OCC)[C@H](O)CSCC. The summed E-state index contributed by atoms with van der Waals surface area (Å²) in [7, 11) is 0. The average molecular weight is 208 g/mol. The van der Waals surface area contributed by atoms with Crippen LogP contribution in [0.2, 0.25) is 0 Å². The van der Waals surface area contributed by atoms with E-state index in [1.54, 1.807) is 11.8 Å². The first-order valence-corrected chi connectivity index (χ1v) is 5.90. The summed E-state index contributed by atoms with van der Waals surface area (Å²) in [5, 5.41) is 9.63. The van der Waals surface area contributed by atoms with E-state index < -0.39 is 12.4 Å². The predicted octanol–water partition coefficient (Wildman–Crippen LogP) is 1.50. The van der Waals surface area contributed by atoms with Crippen molar-refractivity contribution in [3.63, 3.8) is 0 Å². The van der Waals surface area contributed by atoms with E-state index in [1.165, 1.54) is 0 Å². The summed E-state index contributed by atoms with van der Waals surface area (Å²) in [6.07, 6.45) is -0.987. The van der Waals surface area contributed by atoms with Gasteiger partial charge in [0.15, 0.2) is 6.29 Å². The Kier molecular flexibility index (Phi) is 8.97. The van der Waals surface area contributed by atoms with Gasteiger partial charge >= 0.3 is 0 Å². The minimum absolute atomic E-state index is 0.464. The zero-order chi connectivity index (χ0) is 10.1. The summed E-state index contributed by atoms with van der Waals surface area (Å²) in [5.41, 5.74) is 0. The van der Waals surface area contributed by atoms with Crippen molar-refractivity contribution in [2.45, 2.75) is 33.2 Å². The van der Waals surface area contributed by atoms with Crippen molar-refractivity contribution in [1.29, 1.82) is 0 Å². The molecule has 0 heterocycles. The fraction of sp³-hybridized carbons (Fsp3) is 1.00. The fourth-order valence-electron chi connectivity index (χ4n) is 0.916. The van der Waals surface area contributed by atoms with E-state index in [4.69, 9.17) is 9.47 Å². The van der Waals surface area contributed by atoms with E-state index in [9.17, 15) is 5.11 Å². The van der Waals surface area contributed by atoms with E-state index in [1.807, 2.05) is 13.8 Å². The molecule has 1 N–H and O–H groups in total. The second kappa shape index (κ2) is 8.81. The van der Waals surface area contributed by atoms with Gasteiger partial charge in [-0.2, -0.15) is 11.8 Å². The minimum atomic E-state index is -0.523. The first-order valence-electron chi connectivity index (χ1n) is 4.75. The maximum atomic E-state index is 9.63. The summed E-state index contributed by atoms with van der Waals surface area (Å²) >= 11 is 1.69. The van der Waals surface area contributed by atoms with Gasteiger partial charge in [0.25, 0.3) is 0 Å². The fourth-order valence-corrected chi connectivity index (χ4v) is 1.55. The first kappa shape index (κ1) is 13.2. The topological polar surface area (TPSA) is 38.7 Å². The molecule has 0 rings (SSSR count). The summed E-state index contributed by atoms with van der Waals surface area (Å²) in [6.45, 7) is 6.99. The second-order valence-corrected chi connectivity index (χ2v) is 3.82. The highest BCUT2D eigenvalue weighted by molar-refractivity contribution is 7.99. The molecule has 0 bridgehead atoms. The van der Waals surface area contributed by atoms with Gasteiger partial charge in [-0.25, -0.2) is 0 Å². The maximum Gasteiger partial charge on any atom is 0.184 e. The quantitative estimate of drug-likeness (QED) is 0.614. The van der Waals surface area contributed by atoms with Gasteiger partial charge in [-0.1, -0.05) is 6.92 Å². The predicted molar refractivity (Wildman–Crippen MR) is 56.0 cm³/mol. The number of ether oxygens (including phenoxy) is 2. The third-order valence-electron chi connectivity index (χ3n) is 1.47. The Labute approximate surface area is 84.8 Å². The number of aliphatic hydroxyl groups is 1. The van der Waals surface area contributed by atoms with Gasteiger partial charge in [0, 0.05) is 19.0 Å². The van der Waals surface area contributed by atoms with Gasteiger partial charge < -0.3 is 14.6 Å². The molecule has 0 aliphatic heterocycles. The van der Waals surface area contributed by atoms with E-state index >= 15 is 0 Å². The number of thioether (sulfide) groups is 1. The molecule has 0 saturated carbocycles. The van der Waals surface area contributed by atoms with Crippen LogP contribution in [0, 0.1) is 0 Å². The molecule has 0 aromatic rings. The Bertz CT molecular complexity index is 105. The number of hydrogen-bond donors (Lipinski definition) is 1. The van der Waals surface area contributed by atoms with Crippen LogP contribution in [-0.4, -0.2) is 42.2 Å². The number of rotatable bonds is 8. The summed E-state index contributed by atoms with van der Waals surface area (Å²) < 4.78 is 10.5. The third-order valence-corrected chi connectivity index (χ3v) is 2.45. The van der Waals surface area contributed by atoms with Crippen molar-refractivity contribution in [2.24, 2.45) is 0 Å². The Balaban J connectivity index is 3.72. The van der Waals surface area contributed by atoms with Crippen molar-refractivity contribution in [3.05, 3.63) is 0 Å². The van der Waals surface area contributed by atoms with E-state index in [-0.39, 0.29) is 0 Å². The van der Waals surface area contributed by atoms with Crippen molar-refractivity contribution >= 4 is 11.8 Å². The largest absolute Gasteiger partial charge is 0.387 e.